The standard InChI is InChI=1S/C15H17N5O/c1-10(9-20-6-2-5-18-20)19-15(21)13-8-17-14-7-11(16)3-4-12(13)14/h2-8,10,17H,9,16H2,1H3,(H,19,21). The van der Waals surface area contributed by atoms with Gasteiger partial charge in [0.25, 0.3) is 5.91 Å². The molecular formula is C15H17N5O. The van der Waals surface area contributed by atoms with Crippen LogP contribution in [0.1, 0.15) is 17.3 Å². The van der Waals surface area contributed by atoms with Crippen molar-refractivity contribution in [2.45, 2.75) is 19.5 Å². The summed E-state index contributed by atoms with van der Waals surface area (Å²) in [4.78, 5) is 15.4. The second kappa shape index (κ2) is 5.32. The maximum Gasteiger partial charge on any atom is 0.253 e. The van der Waals surface area contributed by atoms with Crippen molar-refractivity contribution in [2.75, 3.05) is 5.73 Å². The van der Waals surface area contributed by atoms with Crippen molar-refractivity contribution in [3.63, 3.8) is 0 Å². The Bertz CT molecular complexity index is 760. The van der Waals surface area contributed by atoms with Crippen molar-refractivity contribution in [3.05, 3.63) is 48.4 Å². The van der Waals surface area contributed by atoms with Crippen LogP contribution in [0.2, 0.25) is 0 Å². The molecule has 0 saturated heterocycles. The minimum absolute atomic E-state index is 0.0175. The third-order valence-corrected chi connectivity index (χ3v) is 3.35. The minimum atomic E-state index is -0.106. The second-order valence-corrected chi connectivity index (χ2v) is 5.11. The van der Waals surface area contributed by atoms with E-state index < -0.39 is 0 Å². The monoisotopic (exact) mass is 283 g/mol. The summed E-state index contributed by atoms with van der Waals surface area (Å²) >= 11 is 0. The molecule has 0 radical (unpaired) electrons. The van der Waals surface area contributed by atoms with Gasteiger partial charge in [-0.3, -0.25) is 9.48 Å². The molecule has 3 rings (SSSR count). The fourth-order valence-electron chi connectivity index (χ4n) is 2.37. The van der Waals surface area contributed by atoms with Crippen LogP contribution in [0.4, 0.5) is 5.69 Å². The van der Waals surface area contributed by atoms with Gasteiger partial charge in [-0.2, -0.15) is 5.10 Å². The zero-order valence-electron chi connectivity index (χ0n) is 11.7. The summed E-state index contributed by atoms with van der Waals surface area (Å²) in [6.45, 7) is 2.58. The topological polar surface area (TPSA) is 88.7 Å². The van der Waals surface area contributed by atoms with Crippen LogP contribution in [-0.4, -0.2) is 26.7 Å². The highest BCUT2D eigenvalue weighted by Crippen LogP contribution is 2.20. The van der Waals surface area contributed by atoms with E-state index in [2.05, 4.69) is 15.4 Å². The molecule has 0 aliphatic heterocycles. The maximum absolute atomic E-state index is 12.4. The molecule has 0 aliphatic rings. The molecule has 6 nitrogen and oxygen atoms in total. The summed E-state index contributed by atoms with van der Waals surface area (Å²) in [5, 5.41) is 7.98. The van der Waals surface area contributed by atoms with Gasteiger partial charge in [-0.15, -0.1) is 0 Å². The van der Waals surface area contributed by atoms with Crippen LogP contribution >= 0.6 is 0 Å². The molecule has 21 heavy (non-hydrogen) atoms. The summed E-state index contributed by atoms with van der Waals surface area (Å²) in [5.41, 5.74) is 7.89. The number of nitrogens with one attached hydrogen (secondary N) is 2. The highest BCUT2D eigenvalue weighted by Gasteiger charge is 2.14. The Kier molecular flexibility index (Phi) is 3.35. The first-order valence-corrected chi connectivity index (χ1v) is 6.78. The number of hydrogen-bond acceptors (Lipinski definition) is 3. The molecular weight excluding hydrogens is 266 g/mol. The van der Waals surface area contributed by atoms with Gasteiger partial charge in [-0.1, -0.05) is 0 Å². The van der Waals surface area contributed by atoms with E-state index >= 15 is 0 Å². The van der Waals surface area contributed by atoms with Gasteiger partial charge < -0.3 is 16.0 Å². The van der Waals surface area contributed by atoms with Crippen LogP contribution in [-0.2, 0) is 6.54 Å². The summed E-state index contributed by atoms with van der Waals surface area (Å²) in [7, 11) is 0. The van der Waals surface area contributed by atoms with Crippen LogP contribution in [0.3, 0.4) is 0 Å². The molecule has 1 atom stereocenters. The van der Waals surface area contributed by atoms with E-state index in [9.17, 15) is 4.79 Å². The predicted octanol–water partition coefficient (Wildman–Crippen LogP) is 1.77. The first kappa shape index (κ1) is 13.2. The Hall–Kier alpha value is -2.76. The first-order chi connectivity index (χ1) is 10.1. The zero-order valence-corrected chi connectivity index (χ0v) is 11.7. The van der Waals surface area contributed by atoms with E-state index in [1.54, 1.807) is 23.1 Å². The molecule has 2 heterocycles. The fourth-order valence-corrected chi connectivity index (χ4v) is 2.37. The molecule has 1 amide bonds. The van der Waals surface area contributed by atoms with E-state index in [1.165, 1.54) is 0 Å². The quantitative estimate of drug-likeness (QED) is 0.637. The summed E-state index contributed by atoms with van der Waals surface area (Å²) in [5.74, 6) is -0.106. The van der Waals surface area contributed by atoms with Gasteiger partial charge in [0.15, 0.2) is 0 Å². The summed E-state index contributed by atoms with van der Waals surface area (Å²) in [6, 6.07) is 7.31. The number of nitrogens with zero attached hydrogens (tertiary/aromatic N) is 2. The van der Waals surface area contributed by atoms with E-state index in [-0.39, 0.29) is 11.9 Å². The Morgan fingerprint density at radius 2 is 2.38 bits per heavy atom. The number of aromatic amines is 1. The molecule has 6 heteroatoms. The highest BCUT2D eigenvalue weighted by atomic mass is 16.1. The number of amides is 1. The third-order valence-electron chi connectivity index (χ3n) is 3.35. The number of fused-ring (bicyclic) bond motifs is 1. The number of carbonyl (C=O) groups is 1. The maximum atomic E-state index is 12.4. The molecule has 2 aromatic heterocycles. The normalized spacial score (nSPS) is 12.4. The largest absolute Gasteiger partial charge is 0.399 e. The van der Waals surface area contributed by atoms with Crippen molar-refractivity contribution in [1.29, 1.82) is 0 Å². The summed E-state index contributed by atoms with van der Waals surface area (Å²) in [6.07, 6.45) is 5.30. The molecule has 108 valence electrons. The average Bonchev–Trinajstić information content (AvgIpc) is 3.06. The number of rotatable bonds is 4. The van der Waals surface area contributed by atoms with Gasteiger partial charge in [0, 0.05) is 41.2 Å². The SMILES string of the molecule is CC(Cn1cccn1)NC(=O)c1c[nH]c2cc(N)ccc12. The minimum Gasteiger partial charge on any atom is -0.399 e. The first-order valence-electron chi connectivity index (χ1n) is 6.78. The van der Waals surface area contributed by atoms with Crippen LogP contribution in [0, 0.1) is 0 Å². The Morgan fingerprint density at radius 1 is 1.52 bits per heavy atom. The van der Waals surface area contributed by atoms with Crippen LogP contribution in [0.25, 0.3) is 10.9 Å². The Morgan fingerprint density at radius 3 is 3.14 bits per heavy atom. The lowest BCUT2D eigenvalue weighted by molar-refractivity contribution is 0.0937. The summed E-state index contributed by atoms with van der Waals surface area (Å²) < 4.78 is 1.79. The van der Waals surface area contributed by atoms with Crippen LogP contribution < -0.4 is 11.1 Å². The predicted molar refractivity (Wildman–Crippen MR) is 81.9 cm³/mol. The lowest BCUT2D eigenvalue weighted by Crippen LogP contribution is -2.35. The molecule has 0 bridgehead atoms. The number of benzene rings is 1. The molecule has 1 aromatic carbocycles. The molecule has 4 N–H and O–H groups in total. The molecule has 1 unspecified atom stereocenters. The molecule has 0 fully saturated rings. The smallest absolute Gasteiger partial charge is 0.253 e. The molecule has 0 aliphatic carbocycles. The number of nitrogen functional groups attached to an aromatic ring is 1. The van der Waals surface area contributed by atoms with Gasteiger partial charge >= 0.3 is 0 Å². The number of hydrogen-bond donors (Lipinski definition) is 3. The number of H-pyrrole nitrogens is 1. The number of carbonyl (C=O) groups excluding carboxylic acids is 1. The molecule has 0 saturated carbocycles. The second-order valence-electron chi connectivity index (χ2n) is 5.11. The van der Waals surface area contributed by atoms with Crippen molar-refractivity contribution in [2.24, 2.45) is 0 Å². The van der Waals surface area contributed by atoms with Gasteiger partial charge in [-0.05, 0) is 31.2 Å². The van der Waals surface area contributed by atoms with E-state index in [1.807, 2.05) is 31.3 Å². The van der Waals surface area contributed by atoms with E-state index in [4.69, 9.17) is 5.73 Å². The van der Waals surface area contributed by atoms with Gasteiger partial charge in [-0.25, -0.2) is 0 Å². The molecule has 0 spiro atoms. The average molecular weight is 283 g/mol. The lowest BCUT2D eigenvalue weighted by Gasteiger charge is -2.13. The van der Waals surface area contributed by atoms with Crippen molar-refractivity contribution in [1.82, 2.24) is 20.1 Å². The third kappa shape index (κ3) is 2.74. The highest BCUT2D eigenvalue weighted by molar-refractivity contribution is 6.07. The van der Waals surface area contributed by atoms with E-state index in [0.29, 0.717) is 17.8 Å². The zero-order chi connectivity index (χ0) is 14.8. The van der Waals surface area contributed by atoms with Gasteiger partial charge in [0.05, 0.1) is 12.1 Å². The number of anilines is 1. The Balaban J connectivity index is 1.74. The van der Waals surface area contributed by atoms with Gasteiger partial charge in [0.2, 0.25) is 0 Å². The fraction of sp³-hybridized carbons (Fsp3) is 0.200. The van der Waals surface area contributed by atoms with Crippen LogP contribution in [0.15, 0.2) is 42.9 Å². The van der Waals surface area contributed by atoms with E-state index in [0.717, 1.165) is 10.9 Å². The van der Waals surface area contributed by atoms with Gasteiger partial charge in [0.1, 0.15) is 0 Å². The number of aromatic nitrogens is 3. The molecule has 3 aromatic rings. The lowest BCUT2D eigenvalue weighted by atomic mass is 10.1. The van der Waals surface area contributed by atoms with Crippen molar-refractivity contribution in [3.8, 4) is 0 Å². The van der Waals surface area contributed by atoms with Crippen LogP contribution in [0.5, 0.6) is 0 Å². The number of nitrogens with two attached hydrogens (primary N) is 1. The van der Waals surface area contributed by atoms with Crippen molar-refractivity contribution >= 4 is 22.5 Å². The van der Waals surface area contributed by atoms with Crippen molar-refractivity contribution < 1.29 is 4.79 Å². The Labute approximate surface area is 121 Å².